The van der Waals surface area contributed by atoms with E-state index in [1.165, 1.54) is 16.2 Å². The van der Waals surface area contributed by atoms with E-state index in [0.717, 1.165) is 36.1 Å². The van der Waals surface area contributed by atoms with E-state index in [1.807, 2.05) is 19.1 Å². The Balaban J connectivity index is 1.59. The zero-order valence-corrected chi connectivity index (χ0v) is 19.3. The van der Waals surface area contributed by atoms with E-state index < -0.39 is 0 Å². The zero-order chi connectivity index (χ0) is 21.7. The molecule has 1 aliphatic carbocycles. The third kappa shape index (κ3) is 5.55. The lowest BCUT2D eigenvalue weighted by atomic mass is 9.88. The van der Waals surface area contributed by atoms with Crippen LogP contribution in [0.15, 0.2) is 18.2 Å². The molecule has 1 amide bonds. The van der Waals surface area contributed by atoms with Crippen LogP contribution in [0.2, 0.25) is 5.02 Å². The van der Waals surface area contributed by atoms with Gasteiger partial charge in [-0.1, -0.05) is 18.5 Å². The number of ether oxygens (including phenoxy) is 2. The highest BCUT2D eigenvalue weighted by atomic mass is 35.5. The van der Waals surface area contributed by atoms with Crippen LogP contribution >= 0.6 is 22.9 Å². The van der Waals surface area contributed by atoms with Crippen LogP contribution in [0.25, 0.3) is 0 Å². The lowest BCUT2D eigenvalue weighted by Crippen LogP contribution is -2.17. The molecule has 162 valence electrons. The number of hydrogen-bond acceptors (Lipinski definition) is 5. The van der Waals surface area contributed by atoms with Gasteiger partial charge < -0.3 is 14.8 Å². The number of esters is 1. The number of aryl methyl sites for hydroxylation is 1. The summed E-state index contributed by atoms with van der Waals surface area (Å²) in [7, 11) is 0. The van der Waals surface area contributed by atoms with Crippen LogP contribution in [0.3, 0.4) is 0 Å². The standard InChI is InChI=1S/C23H28ClNO4S/c1-4-28-23(27)21-17-9-7-14(2)12-19(17)30-22(21)25-20(26)6-5-11-29-18-10-8-16(24)13-15(18)3/h8,10,13-14H,4-7,9,11-12H2,1-3H3,(H,25,26)/t14-/m1/s1. The minimum atomic E-state index is -0.346. The topological polar surface area (TPSA) is 64.6 Å². The van der Waals surface area contributed by atoms with Gasteiger partial charge >= 0.3 is 5.97 Å². The Kier molecular flexibility index (Phi) is 7.78. The fraction of sp³-hybridized carbons (Fsp3) is 0.478. The lowest BCUT2D eigenvalue weighted by Gasteiger charge is -2.18. The first-order valence-corrected chi connectivity index (χ1v) is 11.6. The van der Waals surface area contributed by atoms with Crippen LogP contribution < -0.4 is 10.1 Å². The van der Waals surface area contributed by atoms with Gasteiger partial charge in [-0.05, 0) is 74.8 Å². The highest BCUT2D eigenvalue weighted by molar-refractivity contribution is 7.17. The molecule has 0 fully saturated rings. The number of hydrogen-bond donors (Lipinski definition) is 1. The predicted molar refractivity (Wildman–Crippen MR) is 121 cm³/mol. The van der Waals surface area contributed by atoms with Crippen molar-refractivity contribution < 1.29 is 19.1 Å². The SMILES string of the molecule is CCOC(=O)c1c(NC(=O)CCCOc2ccc(Cl)cc2C)sc2c1CC[C@@H](C)C2. The first-order chi connectivity index (χ1) is 14.4. The number of thiophene rings is 1. The number of nitrogens with one attached hydrogen (secondary N) is 1. The molecule has 3 rings (SSSR count). The molecule has 30 heavy (non-hydrogen) atoms. The van der Waals surface area contributed by atoms with Crippen LogP contribution in [0.5, 0.6) is 5.75 Å². The lowest BCUT2D eigenvalue weighted by molar-refractivity contribution is -0.116. The van der Waals surface area contributed by atoms with Crippen LogP contribution in [-0.2, 0) is 22.4 Å². The fourth-order valence-electron chi connectivity index (χ4n) is 3.64. The van der Waals surface area contributed by atoms with Crippen LogP contribution in [0.1, 0.15) is 59.5 Å². The summed E-state index contributed by atoms with van der Waals surface area (Å²) in [6.07, 6.45) is 3.73. The minimum absolute atomic E-state index is 0.122. The highest BCUT2D eigenvalue weighted by Gasteiger charge is 2.29. The Morgan fingerprint density at radius 2 is 2.13 bits per heavy atom. The van der Waals surface area contributed by atoms with E-state index in [9.17, 15) is 9.59 Å². The van der Waals surface area contributed by atoms with E-state index in [-0.39, 0.29) is 11.9 Å². The molecule has 1 heterocycles. The Bertz CT molecular complexity index is 924. The second-order valence-electron chi connectivity index (χ2n) is 7.69. The molecule has 0 saturated carbocycles. The van der Waals surface area contributed by atoms with Crippen LogP contribution in [0, 0.1) is 12.8 Å². The molecule has 1 aromatic carbocycles. The summed E-state index contributed by atoms with van der Waals surface area (Å²) in [6.45, 7) is 6.69. The van der Waals surface area contributed by atoms with E-state index in [0.29, 0.717) is 47.6 Å². The third-order valence-electron chi connectivity index (χ3n) is 5.19. The molecule has 2 aromatic rings. The van der Waals surface area contributed by atoms with Gasteiger partial charge in [0.25, 0.3) is 0 Å². The zero-order valence-electron chi connectivity index (χ0n) is 17.7. The molecular formula is C23H28ClNO4S. The summed E-state index contributed by atoms with van der Waals surface area (Å²) >= 11 is 7.47. The van der Waals surface area contributed by atoms with E-state index in [4.69, 9.17) is 21.1 Å². The molecule has 7 heteroatoms. The second-order valence-corrected chi connectivity index (χ2v) is 9.23. The number of rotatable bonds is 8. The number of anilines is 1. The van der Waals surface area contributed by atoms with Gasteiger partial charge in [0.1, 0.15) is 10.8 Å². The monoisotopic (exact) mass is 449 g/mol. The van der Waals surface area contributed by atoms with E-state index >= 15 is 0 Å². The van der Waals surface area contributed by atoms with Gasteiger partial charge in [-0.25, -0.2) is 4.79 Å². The maximum Gasteiger partial charge on any atom is 0.341 e. The number of fused-ring (bicyclic) bond motifs is 1. The Hall–Kier alpha value is -2.05. The summed E-state index contributed by atoms with van der Waals surface area (Å²) in [5.74, 6) is 0.887. The number of benzene rings is 1. The van der Waals surface area contributed by atoms with Crippen molar-refractivity contribution >= 4 is 39.8 Å². The number of carbonyl (C=O) groups excluding carboxylic acids is 2. The van der Waals surface area contributed by atoms with Gasteiger partial charge in [0.2, 0.25) is 5.91 Å². The summed E-state index contributed by atoms with van der Waals surface area (Å²) < 4.78 is 11.0. The fourth-order valence-corrected chi connectivity index (χ4v) is 5.28. The van der Waals surface area contributed by atoms with Crippen molar-refractivity contribution in [3.05, 3.63) is 44.8 Å². The van der Waals surface area contributed by atoms with Crippen molar-refractivity contribution in [3.63, 3.8) is 0 Å². The van der Waals surface area contributed by atoms with E-state index in [1.54, 1.807) is 13.0 Å². The molecule has 1 aliphatic rings. The second kappa shape index (κ2) is 10.3. The van der Waals surface area contributed by atoms with Gasteiger partial charge in [-0.2, -0.15) is 0 Å². The van der Waals surface area contributed by atoms with Gasteiger partial charge in [0, 0.05) is 16.3 Å². The first kappa shape index (κ1) is 22.6. The Morgan fingerprint density at radius 1 is 1.33 bits per heavy atom. The third-order valence-corrected chi connectivity index (χ3v) is 6.59. The molecule has 1 N–H and O–H groups in total. The highest BCUT2D eigenvalue weighted by Crippen LogP contribution is 2.40. The average molecular weight is 450 g/mol. The van der Waals surface area contributed by atoms with Crippen molar-refractivity contribution in [3.8, 4) is 5.75 Å². The van der Waals surface area contributed by atoms with Gasteiger partial charge in [0.05, 0.1) is 18.8 Å². The maximum absolute atomic E-state index is 12.5. The normalized spacial score (nSPS) is 15.4. The van der Waals surface area contributed by atoms with Crippen molar-refractivity contribution in [1.82, 2.24) is 0 Å². The molecule has 0 bridgehead atoms. The summed E-state index contributed by atoms with van der Waals surface area (Å²) in [6, 6.07) is 5.47. The summed E-state index contributed by atoms with van der Waals surface area (Å²) in [4.78, 5) is 26.2. The van der Waals surface area contributed by atoms with Crippen molar-refractivity contribution in [2.75, 3.05) is 18.5 Å². The smallest absolute Gasteiger partial charge is 0.341 e. The molecule has 1 atom stereocenters. The summed E-state index contributed by atoms with van der Waals surface area (Å²) in [5.41, 5.74) is 2.56. The van der Waals surface area contributed by atoms with E-state index in [2.05, 4.69) is 12.2 Å². The molecule has 0 radical (unpaired) electrons. The molecule has 0 aliphatic heterocycles. The average Bonchev–Trinajstić information content (AvgIpc) is 3.03. The number of carbonyl (C=O) groups is 2. The molecule has 5 nitrogen and oxygen atoms in total. The largest absolute Gasteiger partial charge is 0.493 e. The first-order valence-electron chi connectivity index (χ1n) is 10.4. The van der Waals surface area contributed by atoms with Crippen molar-refractivity contribution in [2.24, 2.45) is 5.92 Å². The van der Waals surface area contributed by atoms with Crippen molar-refractivity contribution in [1.29, 1.82) is 0 Å². The summed E-state index contributed by atoms with van der Waals surface area (Å²) in [5, 5.41) is 4.23. The molecule has 0 unspecified atom stereocenters. The Morgan fingerprint density at radius 3 is 2.87 bits per heavy atom. The molecular weight excluding hydrogens is 422 g/mol. The van der Waals surface area contributed by atoms with Crippen LogP contribution in [0.4, 0.5) is 5.00 Å². The minimum Gasteiger partial charge on any atom is -0.493 e. The van der Waals surface area contributed by atoms with Gasteiger partial charge in [-0.3, -0.25) is 4.79 Å². The van der Waals surface area contributed by atoms with Crippen molar-refractivity contribution in [2.45, 2.75) is 52.9 Å². The molecule has 1 aromatic heterocycles. The number of amides is 1. The quantitative estimate of drug-likeness (QED) is 0.408. The molecule has 0 spiro atoms. The molecule has 0 saturated heterocycles. The number of halogens is 1. The predicted octanol–water partition coefficient (Wildman–Crippen LogP) is 5.81. The van der Waals surface area contributed by atoms with Gasteiger partial charge in [0.15, 0.2) is 0 Å². The maximum atomic E-state index is 12.5. The van der Waals surface area contributed by atoms with Crippen LogP contribution in [-0.4, -0.2) is 25.1 Å². The Labute approximate surface area is 186 Å². The van der Waals surface area contributed by atoms with Gasteiger partial charge in [-0.15, -0.1) is 11.3 Å².